The molecule has 1 aliphatic heterocycles. The fourth-order valence-electron chi connectivity index (χ4n) is 3.68. The van der Waals surface area contributed by atoms with Crippen LogP contribution < -0.4 is 10.2 Å². The minimum absolute atomic E-state index is 0.0105. The van der Waals surface area contributed by atoms with E-state index in [2.05, 4.69) is 29.6 Å². The molecular weight excluding hydrogens is 386 g/mol. The minimum Gasteiger partial charge on any atom is -0.340 e. The molecule has 6 heteroatoms. The van der Waals surface area contributed by atoms with Gasteiger partial charge in [-0.15, -0.1) is 0 Å². The third-order valence-electron chi connectivity index (χ3n) is 5.42. The molecule has 2 amide bonds. The highest BCUT2D eigenvalue weighted by molar-refractivity contribution is 6.33. The Morgan fingerprint density at radius 3 is 2.28 bits per heavy atom. The second kappa shape index (κ2) is 9.90. The van der Waals surface area contributed by atoms with Gasteiger partial charge in [-0.1, -0.05) is 67.9 Å². The normalized spacial score (nSPS) is 15.9. The highest BCUT2D eigenvalue weighted by Gasteiger charge is 2.32. The molecule has 0 unspecified atom stereocenters. The number of carbonyl (C=O) groups is 2. The minimum atomic E-state index is -0.561. The van der Waals surface area contributed by atoms with Gasteiger partial charge in [0.15, 0.2) is 0 Å². The van der Waals surface area contributed by atoms with Crippen molar-refractivity contribution >= 4 is 23.4 Å². The SMILES string of the molecule is CC(C)[C@H](NC(=O)c1ccccc1Cl)C(=O)N1CC[NH+](Cc2ccccc2)CC1. The summed E-state index contributed by atoms with van der Waals surface area (Å²) in [4.78, 5) is 29.1. The van der Waals surface area contributed by atoms with Crippen LogP contribution in [0, 0.1) is 5.92 Å². The molecule has 0 aromatic heterocycles. The number of rotatable bonds is 6. The lowest BCUT2D eigenvalue weighted by Gasteiger charge is -2.35. The standard InChI is InChI=1S/C23H28ClN3O2/c1-17(2)21(25-22(28)19-10-6-7-11-20(19)24)23(29)27-14-12-26(13-15-27)16-18-8-4-3-5-9-18/h3-11,17,21H,12-16H2,1-2H3,(H,25,28)/p+1/t21-/m0/s1. The van der Waals surface area contributed by atoms with Gasteiger partial charge in [-0.3, -0.25) is 9.59 Å². The number of hydrogen-bond donors (Lipinski definition) is 2. The molecule has 0 spiro atoms. The Hall–Kier alpha value is -2.37. The van der Waals surface area contributed by atoms with Crippen LogP contribution in [0.2, 0.25) is 5.02 Å². The van der Waals surface area contributed by atoms with Crippen LogP contribution >= 0.6 is 11.6 Å². The van der Waals surface area contributed by atoms with Crippen LogP contribution in [-0.2, 0) is 11.3 Å². The van der Waals surface area contributed by atoms with Crippen molar-refractivity contribution in [1.29, 1.82) is 0 Å². The van der Waals surface area contributed by atoms with E-state index >= 15 is 0 Å². The molecule has 2 aromatic carbocycles. The molecule has 2 aromatic rings. The molecular formula is C23H29ClN3O2+. The summed E-state index contributed by atoms with van der Waals surface area (Å²) in [6.45, 7) is 8.09. The van der Waals surface area contributed by atoms with E-state index in [1.807, 2.05) is 24.8 Å². The second-order valence-corrected chi connectivity index (χ2v) is 8.32. The number of piperazine rings is 1. The molecule has 3 rings (SSSR count). The van der Waals surface area contributed by atoms with E-state index < -0.39 is 6.04 Å². The third kappa shape index (κ3) is 5.58. The predicted molar refractivity (Wildman–Crippen MR) is 115 cm³/mol. The van der Waals surface area contributed by atoms with E-state index in [0.717, 1.165) is 19.6 Å². The molecule has 1 atom stereocenters. The molecule has 1 aliphatic rings. The van der Waals surface area contributed by atoms with E-state index in [0.29, 0.717) is 23.7 Å². The average molecular weight is 415 g/mol. The zero-order chi connectivity index (χ0) is 20.8. The maximum atomic E-state index is 13.1. The Labute approximate surface area is 177 Å². The first kappa shape index (κ1) is 21.3. The van der Waals surface area contributed by atoms with Gasteiger partial charge < -0.3 is 15.1 Å². The number of nitrogens with one attached hydrogen (secondary N) is 2. The Morgan fingerprint density at radius 2 is 1.66 bits per heavy atom. The van der Waals surface area contributed by atoms with Crippen molar-refractivity contribution in [2.75, 3.05) is 26.2 Å². The van der Waals surface area contributed by atoms with Crippen molar-refractivity contribution in [3.63, 3.8) is 0 Å². The van der Waals surface area contributed by atoms with E-state index in [4.69, 9.17) is 11.6 Å². The number of quaternary nitrogens is 1. The zero-order valence-electron chi connectivity index (χ0n) is 17.0. The molecule has 29 heavy (non-hydrogen) atoms. The van der Waals surface area contributed by atoms with E-state index in [-0.39, 0.29) is 17.7 Å². The monoisotopic (exact) mass is 414 g/mol. The van der Waals surface area contributed by atoms with E-state index in [1.165, 1.54) is 10.5 Å². The van der Waals surface area contributed by atoms with Crippen molar-refractivity contribution in [2.45, 2.75) is 26.4 Å². The predicted octanol–water partition coefficient (Wildman–Crippen LogP) is 2.02. The maximum absolute atomic E-state index is 13.1. The van der Waals surface area contributed by atoms with Gasteiger partial charge in [-0.05, 0) is 18.1 Å². The first-order valence-electron chi connectivity index (χ1n) is 10.2. The van der Waals surface area contributed by atoms with Gasteiger partial charge in [0.05, 0.1) is 36.8 Å². The van der Waals surface area contributed by atoms with Crippen LogP contribution in [0.4, 0.5) is 0 Å². The van der Waals surface area contributed by atoms with Crippen LogP contribution in [0.5, 0.6) is 0 Å². The average Bonchev–Trinajstić information content (AvgIpc) is 2.73. The first-order valence-corrected chi connectivity index (χ1v) is 10.5. The number of carbonyl (C=O) groups excluding carboxylic acids is 2. The summed E-state index contributed by atoms with van der Waals surface area (Å²) in [6.07, 6.45) is 0. The van der Waals surface area contributed by atoms with Crippen molar-refractivity contribution in [3.8, 4) is 0 Å². The van der Waals surface area contributed by atoms with Gasteiger partial charge in [0.25, 0.3) is 5.91 Å². The molecule has 0 bridgehead atoms. The van der Waals surface area contributed by atoms with Crippen molar-refractivity contribution in [1.82, 2.24) is 10.2 Å². The fourth-order valence-corrected chi connectivity index (χ4v) is 3.90. The molecule has 0 radical (unpaired) electrons. The van der Waals surface area contributed by atoms with Crippen LogP contribution in [0.3, 0.4) is 0 Å². The molecule has 0 aliphatic carbocycles. The van der Waals surface area contributed by atoms with Gasteiger partial charge in [-0.25, -0.2) is 0 Å². The second-order valence-electron chi connectivity index (χ2n) is 7.91. The molecule has 1 heterocycles. The summed E-state index contributed by atoms with van der Waals surface area (Å²) in [6, 6.07) is 16.8. The number of halogens is 1. The Morgan fingerprint density at radius 1 is 1.03 bits per heavy atom. The smallest absolute Gasteiger partial charge is 0.253 e. The quantitative estimate of drug-likeness (QED) is 0.759. The molecule has 5 nitrogen and oxygen atoms in total. The lowest BCUT2D eigenvalue weighted by molar-refractivity contribution is -0.917. The van der Waals surface area contributed by atoms with Crippen LogP contribution in [-0.4, -0.2) is 48.9 Å². The summed E-state index contributed by atoms with van der Waals surface area (Å²) in [5, 5.41) is 3.29. The van der Waals surface area contributed by atoms with Gasteiger partial charge in [-0.2, -0.15) is 0 Å². The van der Waals surface area contributed by atoms with Crippen LogP contribution in [0.15, 0.2) is 54.6 Å². The largest absolute Gasteiger partial charge is 0.340 e. The van der Waals surface area contributed by atoms with E-state index in [9.17, 15) is 9.59 Å². The molecule has 154 valence electrons. The topological polar surface area (TPSA) is 53.9 Å². The number of benzene rings is 2. The number of nitrogens with zero attached hydrogens (tertiary/aromatic N) is 1. The van der Waals surface area contributed by atoms with Crippen molar-refractivity contribution in [3.05, 3.63) is 70.7 Å². The summed E-state index contributed by atoms with van der Waals surface area (Å²) in [5.74, 6) is -0.334. The molecule has 1 fully saturated rings. The molecule has 2 N–H and O–H groups in total. The number of hydrogen-bond acceptors (Lipinski definition) is 2. The summed E-state index contributed by atoms with van der Waals surface area (Å²) < 4.78 is 0. The Kier molecular flexibility index (Phi) is 7.29. The Balaban J connectivity index is 1.58. The van der Waals surface area contributed by atoms with Crippen LogP contribution in [0.25, 0.3) is 0 Å². The maximum Gasteiger partial charge on any atom is 0.253 e. The summed E-state index contributed by atoms with van der Waals surface area (Å²) in [7, 11) is 0. The van der Waals surface area contributed by atoms with Gasteiger partial charge in [0.1, 0.15) is 12.6 Å². The van der Waals surface area contributed by atoms with Crippen molar-refractivity contribution in [2.24, 2.45) is 5.92 Å². The van der Waals surface area contributed by atoms with Crippen LogP contribution in [0.1, 0.15) is 29.8 Å². The van der Waals surface area contributed by atoms with Gasteiger partial charge in [0.2, 0.25) is 5.91 Å². The highest BCUT2D eigenvalue weighted by Crippen LogP contribution is 2.16. The van der Waals surface area contributed by atoms with Gasteiger partial charge in [0, 0.05) is 5.56 Å². The fraction of sp³-hybridized carbons (Fsp3) is 0.391. The summed E-state index contributed by atoms with van der Waals surface area (Å²) >= 11 is 6.13. The summed E-state index contributed by atoms with van der Waals surface area (Å²) in [5.41, 5.74) is 1.71. The zero-order valence-corrected chi connectivity index (χ0v) is 17.8. The molecule has 1 saturated heterocycles. The van der Waals surface area contributed by atoms with Crippen molar-refractivity contribution < 1.29 is 14.5 Å². The highest BCUT2D eigenvalue weighted by atomic mass is 35.5. The lowest BCUT2D eigenvalue weighted by atomic mass is 10.0. The molecule has 0 saturated carbocycles. The first-order chi connectivity index (χ1) is 14.0. The van der Waals surface area contributed by atoms with E-state index in [1.54, 1.807) is 24.3 Å². The third-order valence-corrected chi connectivity index (χ3v) is 5.75. The Bertz CT molecular complexity index is 833. The van der Waals surface area contributed by atoms with Gasteiger partial charge >= 0.3 is 0 Å². The number of amides is 2. The lowest BCUT2D eigenvalue weighted by Crippen LogP contribution is -3.13.